The summed E-state index contributed by atoms with van der Waals surface area (Å²) >= 11 is 0. The number of carbonyl (C=O) groups excluding carboxylic acids is 1. The number of hydrogen-bond donors (Lipinski definition) is 1. The summed E-state index contributed by atoms with van der Waals surface area (Å²) in [4.78, 5) is 11.5. The average Bonchev–Trinajstić information content (AvgIpc) is 2.60. The van der Waals surface area contributed by atoms with E-state index in [9.17, 15) is 4.79 Å². The van der Waals surface area contributed by atoms with Crippen LogP contribution in [0.3, 0.4) is 0 Å². The lowest BCUT2D eigenvalue weighted by Crippen LogP contribution is -2.34. The standard InChI is InChI=1S/C17H16N4O2/c18-10-11-23-17(22)16(19)12-13-6-8-15(9-7-13)21-20-14-4-2-1-3-5-14/h1-9,16H,11-12,19H2. The Hall–Kier alpha value is -3.04. The maximum Gasteiger partial charge on any atom is 0.324 e. The zero-order valence-electron chi connectivity index (χ0n) is 12.4. The third-order valence-corrected chi connectivity index (χ3v) is 3.01. The molecule has 0 aliphatic heterocycles. The number of nitriles is 1. The molecule has 2 aromatic carbocycles. The fourth-order valence-corrected chi connectivity index (χ4v) is 1.86. The van der Waals surface area contributed by atoms with Crippen LogP contribution in [0.1, 0.15) is 5.56 Å². The molecule has 1 unspecified atom stereocenters. The minimum Gasteiger partial charge on any atom is -0.449 e. The van der Waals surface area contributed by atoms with Gasteiger partial charge >= 0.3 is 5.97 Å². The van der Waals surface area contributed by atoms with Gasteiger partial charge in [0.15, 0.2) is 6.61 Å². The van der Waals surface area contributed by atoms with Gasteiger partial charge in [-0.25, -0.2) is 0 Å². The van der Waals surface area contributed by atoms with Gasteiger partial charge in [-0.15, -0.1) is 0 Å². The molecule has 0 aromatic heterocycles. The van der Waals surface area contributed by atoms with Gasteiger partial charge in [0.25, 0.3) is 0 Å². The summed E-state index contributed by atoms with van der Waals surface area (Å²) in [6, 6.07) is 17.6. The Morgan fingerprint density at radius 2 is 1.70 bits per heavy atom. The van der Waals surface area contributed by atoms with Crippen LogP contribution in [0.4, 0.5) is 11.4 Å². The van der Waals surface area contributed by atoms with E-state index in [-0.39, 0.29) is 6.61 Å². The van der Waals surface area contributed by atoms with Crippen LogP contribution in [0.25, 0.3) is 0 Å². The normalized spacial score (nSPS) is 11.8. The first-order valence-electron chi connectivity index (χ1n) is 7.04. The lowest BCUT2D eigenvalue weighted by molar-refractivity contribution is -0.143. The first-order valence-corrected chi connectivity index (χ1v) is 7.04. The quantitative estimate of drug-likeness (QED) is 0.654. The number of hydrogen-bond acceptors (Lipinski definition) is 6. The van der Waals surface area contributed by atoms with E-state index in [2.05, 4.69) is 15.0 Å². The first kappa shape index (κ1) is 16.3. The van der Waals surface area contributed by atoms with Crippen molar-refractivity contribution in [1.82, 2.24) is 0 Å². The van der Waals surface area contributed by atoms with Gasteiger partial charge < -0.3 is 10.5 Å². The number of carbonyl (C=O) groups is 1. The minimum atomic E-state index is -0.792. The maximum absolute atomic E-state index is 11.5. The van der Waals surface area contributed by atoms with Gasteiger partial charge in [0.1, 0.15) is 12.1 Å². The summed E-state index contributed by atoms with van der Waals surface area (Å²) in [5.74, 6) is -0.584. The number of azo groups is 1. The third-order valence-electron chi connectivity index (χ3n) is 3.01. The van der Waals surface area contributed by atoms with E-state index in [1.54, 1.807) is 18.2 Å². The van der Waals surface area contributed by atoms with Crippen molar-refractivity contribution in [3.63, 3.8) is 0 Å². The Balaban J connectivity index is 1.93. The highest BCUT2D eigenvalue weighted by Crippen LogP contribution is 2.18. The molecule has 6 nitrogen and oxygen atoms in total. The van der Waals surface area contributed by atoms with Gasteiger partial charge in [-0.05, 0) is 36.2 Å². The van der Waals surface area contributed by atoms with Crippen molar-refractivity contribution in [2.75, 3.05) is 6.61 Å². The molecule has 0 radical (unpaired) electrons. The summed E-state index contributed by atoms with van der Waals surface area (Å²) in [7, 11) is 0. The van der Waals surface area contributed by atoms with Crippen molar-refractivity contribution < 1.29 is 9.53 Å². The summed E-state index contributed by atoms with van der Waals surface area (Å²) < 4.78 is 4.68. The molecule has 6 heteroatoms. The molecule has 0 fully saturated rings. The number of benzene rings is 2. The second-order valence-corrected chi connectivity index (χ2v) is 4.78. The summed E-state index contributed by atoms with van der Waals surface area (Å²) in [6.07, 6.45) is 0.334. The Morgan fingerprint density at radius 3 is 2.30 bits per heavy atom. The number of nitrogens with zero attached hydrogens (tertiary/aromatic N) is 3. The highest BCUT2D eigenvalue weighted by Gasteiger charge is 2.15. The van der Waals surface area contributed by atoms with Gasteiger partial charge in [0, 0.05) is 0 Å². The zero-order chi connectivity index (χ0) is 16.5. The van der Waals surface area contributed by atoms with E-state index in [4.69, 9.17) is 11.0 Å². The molecular weight excluding hydrogens is 292 g/mol. The minimum absolute atomic E-state index is 0.286. The largest absolute Gasteiger partial charge is 0.449 e. The Morgan fingerprint density at radius 1 is 1.09 bits per heavy atom. The van der Waals surface area contributed by atoms with Gasteiger partial charge in [0.2, 0.25) is 0 Å². The summed E-state index contributed by atoms with van der Waals surface area (Å²) in [5, 5.41) is 16.6. The molecule has 1 atom stereocenters. The number of nitrogens with two attached hydrogens (primary N) is 1. The van der Waals surface area contributed by atoms with E-state index in [1.165, 1.54) is 0 Å². The number of rotatable bonds is 6. The summed E-state index contributed by atoms with van der Waals surface area (Å²) in [5.41, 5.74) is 8.10. The van der Waals surface area contributed by atoms with Crippen LogP contribution < -0.4 is 5.73 Å². The van der Waals surface area contributed by atoms with Crippen LogP contribution in [0.5, 0.6) is 0 Å². The number of esters is 1. The lowest BCUT2D eigenvalue weighted by atomic mass is 10.1. The molecule has 2 N–H and O–H groups in total. The molecule has 2 aromatic rings. The predicted molar refractivity (Wildman–Crippen MR) is 85.3 cm³/mol. The molecule has 0 heterocycles. The molecule has 0 aliphatic carbocycles. The molecule has 0 saturated heterocycles. The van der Waals surface area contributed by atoms with Crippen molar-refractivity contribution in [1.29, 1.82) is 5.26 Å². The van der Waals surface area contributed by atoms with Crippen LogP contribution >= 0.6 is 0 Å². The van der Waals surface area contributed by atoms with Crippen LogP contribution in [0.15, 0.2) is 64.8 Å². The molecule has 116 valence electrons. The fraction of sp³-hybridized carbons (Fsp3) is 0.176. The average molecular weight is 308 g/mol. The molecule has 2 rings (SSSR count). The molecule has 23 heavy (non-hydrogen) atoms. The van der Waals surface area contributed by atoms with Crippen LogP contribution in [-0.4, -0.2) is 18.6 Å². The molecule has 0 saturated carbocycles. The maximum atomic E-state index is 11.5. The molecule has 0 amide bonds. The monoisotopic (exact) mass is 308 g/mol. The summed E-state index contributed by atoms with van der Waals surface area (Å²) in [6.45, 7) is -0.286. The van der Waals surface area contributed by atoms with E-state index in [0.717, 1.165) is 11.3 Å². The topological polar surface area (TPSA) is 101 Å². The van der Waals surface area contributed by atoms with Crippen LogP contribution in [-0.2, 0) is 16.0 Å². The second-order valence-electron chi connectivity index (χ2n) is 4.78. The Kier molecular flexibility index (Phi) is 5.98. The predicted octanol–water partition coefficient (Wildman–Crippen LogP) is 3.04. The highest BCUT2D eigenvalue weighted by atomic mass is 16.5. The first-order chi connectivity index (χ1) is 11.2. The molecule has 0 bridgehead atoms. The van der Waals surface area contributed by atoms with E-state index < -0.39 is 12.0 Å². The molecular formula is C17H16N4O2. The zero-order valence-corrected chi connectivity index (χ0v) is 12.4. The van der Waals surface area contributed by atoms with Crippen molar-refractivity contribution in [3.05, 3.63) is 60.2 Å². The fourth-order valence-electron chi connectivity index (χ4n) is 1.86. The smallest absolute Gasteiger partial charge is 0.324 e. The Labute approximate surface area is 134 Å². The van der Waals surface area contributed by atoms with E-state index >= 15 is 0 Å². The van der Waals surface area contributed by atoms with Crippen LogP contribution in [0.2, 0.25) is 0 Å². The molecule has 0 aliphatic rings. The van der Waals surface area contributed by atoms with Gasteiger partial charge in [-0.1, -0.05) is 30.3 Å². The van der Waals surface area contributed by atoms with E-state index in [0.29, 0.717) is 12.1 Å². The Bertz CT molecular complexity index is 706. The van der Waals surface area contributed by atoms with Gasteiger partial charge in [0.05, 0.1) is 11.4 Å². The van der Waals surface area contributed by atoms with Crippen molar-refractivity contribution in [2.24, 2.45) is 16.0 Å². The van der Waals surface area contributed by atoms with Crippen molar-refractivity contribution in [2.45, 2.75) is 12.5 Å². The highest BCUT2D eigenvalue weighted by molar-refractivity contribution is 5.76. The van der Waals surface area contributed by atoms with Crippen molar-refractivity contribution in [3.8, 4) is 6.07 Å². The van der Waals surface area contributed by atoms with Gasteiger partial charge in [-0.3, -0.25) is 4.79 Å². The lowest BCUT2D eigenvalue weighted by Gasteiger charge is -2.09. The second kappa shape index (κ2) is 8.41. The SMILES string of the molecule is N#CCOC(=O)C(N)Cc1ccc(N=Nc2ccccc2)cc1. The molecule has 0 spiro atoms. The number of ether oxygens (including phenoxy) is 1. The van der Waals surface area contributed by atoms with Gasteiger partial charge in [-0.2, -0.15) is 15.5 Å². The third kappa shape index (κ3) is 5.34. The van der Waals surface area contributed by atoms with Crippen LogP contribution in [0, 0.1) is 11.3 Å². The van der Waals surface area contributed by atoms with Crippen molar-refractivity contribution >= 4 is 17.3 Å². The van der Waals surface area contributed by atoms with E-state index in [1.807, 2.05) is 42.5 Å².